The average Bonchev–Trinajstić information content (AvgIpc) is 3.04. The minimum Gasteiger partial charge on any atom is -0.481 e. The first kappa shape index (κ1) is 12.3. The molecule has 0 amide bonds. The third-order valence-corrected chi connectivity index (χ3v) is 3.76. The highest BCUT2D eigenvalue weighted by atomic mass is 16.7. The first-order valence-electron chi connectivity index (χ1n) is 6.59. The van der Waals surface area contributed by atoms with Crippen LogP contribution >= 0.6 is 0 Å². The van der Waals surface area contributed by atoms with Gasteiger partial charge in [-0.05, 0) is 37.1 Å². The number of hydrogen-bond acceptors (Lipinski definition) is 4. The lowest BCUT2D eigenvalue weighted by Gasteiger charge is -2.24. The molecule has 3 rings (SSSR count). The van der Waals surface area contributed by atoms with Crippen LogP contribution < -0.4 is 9.47 Å². The van der Waals surface area contributed by atoms with Crippen LogP contribution in [0.3, 0.4) is 0 Å². The lowest BCUT2D eigenvalue weighted by molar-refractivity contribution is -0.137. The van der Waals surface area contributed by atoms with E-state index in [9.17, 15) is 4.79 Å². The van der Waals surface area contributed by atoms with Gasteiger partial charge in [0.15, 0.2) is 11.5 Å². The van der Waals surface area contributed by atoms with Crippen LogP contribution in [0.1, 0.15) is 30.9 Å². The molecule has 0 saturated carbocycles. The number of carbonyl (C=O) groups is 1. The number of likely N-dealkylation sites (tertiary alicyclic amines) is 1. The normalized spacial score (nSPS) is 21.8. The molecule has 1 fully saturated rings. The first-order valence-corrected chi connectivity index (χ1v) is 6.59. The van der Waals surface area contributed by atoms with Crippen molar-refractivity contribution in [2.45, 2.75) is 25.3 Å². The molecule has 1 aromatic rings. The zero-order valence-electron chi connectivity index (χ0n) is 10.7. The average molecular weight is 263 g/mol. The van der Waals surface area contributed by atoms with E-state index in [1.807, 2.05) is 12.1 Å². The number of benzene rings is 1. The van der Waals surface area contributed by atoms with Crippen molar-refractivity contribution in [1.29, 1.82) is 0 Å². The van der Waals surface area contributed by atoms with Crippen LogP contribution in [0.5, 0.6) is 11.5 Å². The molecule has 0 bridgehead atoms. The summed E-state index contributed by atoms with van der Waals surface area (Å²) in [7, 11) is 0. The zero-order chi connectivity index (χ0) is 13.2. The smallest absolute Gasteiger partial charge is 0.304 e. The summed E-state index contributed by atoms with van der Waals surface area (Å²) in [6.07, 6.45) is 2.37. The summed E-state index contributed by atoms with van der Waals surface area (Å²) in [6.45, 7) is 1.85. The molecule has 0 spiro atoms. The van der Waals surface area contributed by atoms with Crippen LogP contribution in [0.2, 0.25) is 0 Å². The van der Waals surface area contributed by atoms with Gasteiger partial charge in [-0.1, -0.05) is 6.07 Å². The van der Waals surface area contributed by atoms with Crippen molar-refractivity contribution in [3.05, 3.63) is 23.8 Å². The Morgan fingerprint density at radius 3 is 3.05 bits per heavy atom. The highest BCUT2D eigenvalue weighted by Gasteiger charge is 2.27. The van der Waals surface area contributed by atoms with Crippen molar-refractivity contribution in [3.8, 4) is 11.5 Å². The fourth-order valence-electron chi connectivity index (χ4n) is 2.83. The van der Waals surface area contributed by atoms with E-state index in [2.05, 4.69) is 11.0 Å². The van der Waals surface area contributed by atoms with Crippen LogP contribution in [0.15, 0.2) is 18.2 Å². The molecule has 1 aromatic carbocycles. The number of carboxylic acids is 1. The molecule has 1 unspecified atom stereocenters. The topological polar surface area (TPSA) is 59.0 Å². The molecule has 2 aliphatic rings. The predicted molar refractivity (Wildman–Crippen MR) is 68.4 cm³/mol. The number of rotatable bonds is 4. The van der Waals surface area contributed by atoms with Gasteiger partial charge in [0, 0.05) is 12.6 Å². The van der Waals surface area contributed by atoms with E-state index in [0.717, 1.165) is 30.9 Å². The Morgan fingerprint density at radius 2 is 2.21 bits per heavy atom. The Labute approximate surface area is 111 Å². The second-order valence-electron chi connectivity index (χ2n) is 4.95. The van der Waals surface area contributed by atoms with Gasteiger partial charge in [0.05, 0.1) is 6.42 Å². The zero-order valence-corrected chi connectivity index (χ0v) is 10.7. The highest BCUT2D eigenvalue weighted by molar-refractivity contribution is 5.66. The van der Waals surface area contributed by atoms with Crippen LogP contribution in [-0.2, 0) is 4.79 Å². The number of carboxylic acid groups (broad SMARTS) is 1. The Balaban J connectivity index is 1.75. The van der Waals surface area contributed by atoms with Gasteiger partial charge in [-0.2, -0.15) is 0 Å². The molecule has 102 valence electrons. The standard InChI is InChI=1S/C14H17NO4/c16-14(17)5-7-15-6-1-2-11(15)10-3-4-12-13(8-10)19-9-18-12/h3-4,8,11H,1-2,5-7,9H2,(H,16,17). The molecule has 0 aliphatic carbocycles. The molecule has 5 nitrogen and oxygen atoms in total. The van der Waals surface area contributed by atoms with Gasteiger partial charge in [-0.3, -0.25) is 9.69 Å². The van der Waals surface area contributed by atoms with Crippen molar-refractivity contribution < 1.29 is 19.4 Å². The van der Waals surface area contributed by atoms with Gasteiger partial charge in [0.1, 0.15) is 0 Å². The molecule has 2 heterocycles. The predicted octanol–water partition coefficient (Wildman–Crippen LogP) is 2.03. The maximum absolute atomic E-state index is 10.7. The van der Waals surface area contributed by atoms with Crippen LogP contribution in [0.25, 0.3) is 0 Å². The fraction of sp³-hybridized carbons (Fsp3) is 0.500. The molecule has 2 aliphatic heterocycles. The molecular weight excluding hydrogens is 246 g/mol. The summed E-state index contributed by atoms with van der Waals surface area (Å²) in [5.74, 6) is 0.845. The van der Waals surface area contributed by atoms with Crippen molar-refractivity contribution in [3.63, 3.8) is 0 Å². The molecule has 1 atom stereocenters. The Morgan fingerprint density at radius 1 is 1.37 bits per heavy atom. The number of fused-ring (bicyclic) bond motifs is 1. The largest absolute Gasteiger partial charge is 0.481 e. The quantitative estimate of drug-likeness (QED) is 0.900. The Bertz CT molecular complexity index is 488. The van der Waals surface area contributed by atoms with E-state index in [1.54, 1.807) is 0 Å². The maximum atomic E-state index is 10.7. The van der Waals surface area contributed by atoms with Crippen molar-refractivity contribution >= 4 is 5.97 Å². The minimum absolute atomic E-state index is 0.195. The summed E-state index contributed by atoms with van der Waals surface area (Å²) in [5.41, 5.74) is 1.19. The summed E-state index contributed by atoms with van der Waals surface area (Å²) in [6, 6.07) is 6.31. The van der Waals surface area contributed by atoms with Crippen molar-refractivity contribution in [2.24, 2.45) is 0 Å². The molecule has 1 saturated heterocycles. The van der Waals surface area contributed by atoms with E-state index in [-0.39, 0.29) is 13.2 Å². The molecular formula is C14H17NO4. The second-order valence-corrected chi connectivity index (χ2v) is 4.95. The lowest BCUT2D eigenvalue weighted by Crippen LogP contribution is -2.26. The molecule has 19 heavy (non-hydrogen) atoms. The van der Waals surface area contributed by atoms with Gasteiger partial charge in [0.25, 0.3) is 0 Å². The van der Waals surface area contributed by atoms with Crippen molar-refractivity contribution in [1.82, 2.24) is 4.90 Å². The lowest BCUT2D eigenvalue weighted by atomic mass is 10.0. The maximum Gasteiger partial charge on any atom is 0.304 e. The third kappa shape index (κ3) is 2.51. The number of hydrogen-bond donors (Lipinski definition) is 1. The van der Waals surface area contributed by atoms with E-state index in [1.165, 1.54) is 5.56 Å². The van der Waals surface area contributed by atoms with Crippen LogP contribution in [-0.4, -0.2) is 35.9 Å². The molecule has 5 heteroatoms. The number of aliphatic carboxylic acids is 1. The Kier molecular flexibility index (Phi) is 3.29. The third-order valence-electron chi connectivity index (χ3n) is 3.76. The minimum atomic E-state index is -0.740. The molecule has 0 aromatic heterocycles. The monoisotopic (exact) mass is 263 g/mol. The van der Waals surface area contributed by atoms with E-state index in [0.29, 0.717) is 12.6 Å². The molecule has 1 N–H and O–H groups in total. The summed E-state index contributed by atoms with van der Waals surface area (Å²) in [5, 5.41) is 8.79. The first-order chi connectivity index (χ1) is 9.24. The summed E-state index contributed by atoms with van der Waals surface area (Å²) >= 11 is 0. The fourth-order valence-corrected chi connectivity index (χ4v) is 2.83. The van der Waals surface area contributed by atoms with E-state index in [4.69, 9.17) is 14.6 Å². The van der Waals surface area contributed by atoms with Gasteiger partial charge in [0.2, 0.25) is 6.79 Å². The van der Waals surface area contributed by atoms with E-state index >= 15 is 0 Å². The summed E-state index contributed by atoms with van der Waals surface area (Å²) in [4.78, 5) is 12.9. The van der Waals surface area contributed by atoms with Crippen LogP contribution in [0.4, 0.5) is 0 Å². The number of ether oxygens (including phenoxy) is 2. The summed E-state index contributed by atoms with van der Waals surface area (Å²) < 4.78 is 10.7. The van der Waals surface area contributed by atoms with Gasteiger partial charge < -0.3 is 14.6 Å². The Hall–Kier alpha value is -1.75. The van der Waals surface area contributed by atoms with Crippen LogP contribution in [0, 0.1) is 0 Å². The van der Waals surface area contributed by atoms with Gasteiger partial charge >= 0.3 is 5.97 Å². The second kappa shape index (κ2) is 5.09. The van der Waals surface area contributed by atoms with Crippen molar-refractivity contribution in [2.75, 3.05) is 19.9 Å². The number of nitrogens with zero attached hydrogens (tertiary/aromatic N) is 1. The SMILES string of the molecule is O=C(O)CCN1CCCC1c1ccc2c(c1)OCO2. The van der Waals surface area contributed by atoms with Gasteiger partial charge in [-0.15, -0.1) is 0 Å². The highest BCUT2D eigenvalue weighted by Crippen LogP contribution is 2.38. The molecule has 0 radical (unpaired) electrons. The van der Waals surface area contributed by atoms with Gasteiger partial charge in [-0.25, -0.2) is 0 Å². The van der Waals surface area contributed by atoms with E-state index < -0.39 is 5.97 Å².